The van der Waals surface area contributed by atoms with Crippen LogP contribution in [0.15, 0.2) is 29.9 Å². The lowest BCUT2D eigenvalue weighted by Crippen LogP contribution is -2.48. The third kappa shape index (κ3) is 3.51. The Labute approximate surface area is 134 Å². The van der Waals surface area contributed by atoms with E-state index in [0.717, 1.165) is 16.3 Å². The molecule has 1 aliphatic rings. The fourth-order valence-electron chi connectivity index (χ4n) is 2.66. The highest BCUT2D eigenvalue weighted by Gasteiger charge is 2.26. The predicted octanol–water partition coefficient (Wildman–Crippen LogP) is 2.38. The van der Waals surface area contributed by atoms with Crippen molar-refractivity contribution in [3.8, 4) is 10.6 Å². The van der Waals surface area contributed by atoms with Crippen molar-refractivity contribution in [2.45, 2.75) is 32.5 Å². The number of hydrogen-bond acceptors (Lipinski definition) is 5. The van der Waals surface area contributed by atoms with Gasteiger partial charge in [-0.05, 0) is 26.0 Å². The van der Waals surface area contributed by atoms with E-state index in [4.69, 9.17) is 4.74 Å². The van der Waals surface area contributed by atoms with Gasteiger partial charge in [0, 0.05) is 36.4 Å². The minimum Gasteiger partial charge on any atom is -0.372 e. The van der Waals surface area contributed by atoms with Crippen molar-refractivity contribution >= 4 is 17.2 Å². The lowest BCUT2D eigenvalue weighted by atomic mass is 10.2. The standard InChI is InChI=1S/C16H19N3O2S/c1-11-8-19(9-12(2)21-11)15(20)6-14-10-22-16(18-14)13-4-3-5-17-7-13/h3-5,7,10-12H,6,8-9H2,1-2H3/t11-,12-/m1/s1. The molecule has 0 radical (unpaired) electrons. The summed E-state index contributed by atoms with van der Waals surface area (Å²) in [6, 6.07) is 3.86. The van der Waals surface area contributed by atoms with Crippen LogP contribution < -0.4 is 0 Å². The van der Waals surface area contributed by atoms with Gasteiger partial charge in [-0.1, -0.05) is 0 Å². The van der Waals surface area contributed by atoms with Crippen LogP contribution >= 0.6 is 11.3 Å². The molecule has 0 spiro atoms. The van der Waals surface area contributed by atoms with Gasteiger partial charge >= 0.3 is 0 Å². The molecule has 3 rings (SSSR count). The van der Waals surface area contributed by atoms with E-state index in [0.29, 0.717) is 19.5 Å². The van der Waals surface area contributed by atoms with Crippen molar-refractivity contribution < 1.29 is 9.53 Å². The van der Waals surface area contributed by atoms with Crippen molar-refractivity contribution in [3.05, 3.63) is 35.6 Å². The van der Waals surface area contributed by atoms with Crippen LogP contribution in [-0.4, -0.2) is 46.1 Å². The number of pyridine rings is 1. The van der Waals surface area contributed by atoms with E-state index in [1.165, 1.54) is 0 Å². The van der Waals surface area contributed by atoms with Crippen LogP contribution in [0, 0.1) is 0 Å². The maximum Gasteiger partial charge on any atom is 0.228 e. The van der Waals surface area contributed by atoms with Gasteiger partial charge < -0.3 is 9.64 Å². The van der Waals surface area contributed by atoms with Crippen LogP contribution in [-0.2, 0) is 16.0 Å². The molecule has 3 heterocycles. The molecule has 1 saturated heterocycles. The van der Waals surface area contributed by atoms with Crippen molar-refractivity contribution in [1.82, 2.24) is 14.9 Å². The van der Waals surface area contributed by atoms with Crippen molar-refractivity contribution in [3.63, 3.8) is 0 Å². The summed E-state index contributed by atoms with van der Waals surface area (Å²) in [5, 5.41) is 2.85. The number of ether oxygens (including phenoxy) is 1. The molecule has 0 bridgehead atoms. The highest BCUT2D eigenvalue weighted by Crippen LogP contribution is 2.23. The Kier molecular flexibility index (Phi) is 4.49. The molecule has 6 heteroatoms. The molecule has 1 aliphatic heterocycles. The van der Waals surface area contributed by atoms with E-state index < -0.39 is 0 Å². The summed E-state index contributed by atoms with van der Waals surface area (Å²) < 4.78 is 5.66. The van der Waals surface area contributed by atoms with Crippen molar-refractivity contribution in [1.29, 1.82) is 0 Å². The first-order valence-electron chi connectivity index (χ1n) is 7.40. The second-order valence-electron chi connectivity index (χ2n) is 5.62. The molecule has 2 aromatic heterocycles. The monoisotopic (exact) mass is 317 g/mol. The maximum atomic E-state index is 12.4. The van der Waals surface area contributed by atoms with Gasteiger partial charge in [0.2, 0.25) is 5.91 Å². The Morgan fingerprint density at radius 1 is 1.41 bits per heavy atom. The van der Waals surface area contributed by atoms with Crippen LogP contribution in [0.5, 0.6) is 0 Å². The lowest BCUT2D eigenvalue weighted by molar-refractivity contribution is -0.142. The number of nitrogens with zero attached hydrogens (tertiary/aromatic N) is 3. The molecule has 2 aromatic rings. The van der Waals surface area contributed by atoms with Gasteiger partial charge in [0.1, 0.15) is 5.01 Å². The quantitative estimate of drug-likeness (QED) is 0.872. The number of thiazole rings is 1. The normalized spacial score (nSPS) is 21.8. The molecule has 5 nitrogen and oxygen atoms in total. The van der Waals surface area contributed by atoms with Gasteiger partial charge in [-0.2, -0.15) is 0 Å². The first-order chi connectivity index (χ1) is 10.6. The SMILES string of the molecule is C[C@@H]1CN(C(=O)Cc2csc(-c3cccnc3)n2)C[C@@H](C)O1. The Morgan fingerprint density at radius 2 is 2.18 bits per heavy atom. The Hall–Kier alpha value is -1.79. The summed E-state index contributed by atoms with van der Waals surface area (Å²) in [5.41, 5.74) is 1.81. The second-order valence-corrected chi connectivity index (χ2v) is 6.48. The third-order valence-electron chi connectivity index (χ3n) is 3.56. The first kappa shape index (κ1) is 15.1. The van der Waals surface area contributed by atoms with Crippen molar-refractivity contribution in [2.24, 2.45) is 0 Å². The summed E-state index contributed by atoms with van der Waals surface area (Å²) in [4.78, 5) is 23.0. The Bertz CT molecular complexity index is 634. The zero-order valence-electron chi connectivity index (χ0n) is 12.7. The third-order valence-corrected chi connectivity index (χ3v) is 4.51. The van der Waals surface area contributed by atoms with Gasteiger partial charge in [0.15, 0.2) is 0 Å². The maximum absolute atomic E-state index is 12.4. The number of aromatic nitrogens is 2. The number of morpholine rings is 1. The van der Waals surface area contributed by atoms with Crippen LogP contribution in [0.3, 0.4) is 0 Å². The van der Waals surface area contributed by atoms with Gasteiger partial charge in [-0.3, -0.25) is 9.78 Å². The fraction of sp³-hybridized carbons (Fsp3) is 0.438. The van der Waals surface area contributed by atoms with E-state index in [1.807, 2.05) is 36.3 Å². The van der Waals surface area contributed by atoms with E-state index in [-0.39, 0.29) is 18.1 Å². The molecule has 22 heavy (non-hydrogen) atoms. The minimum absolute atomic E-state index is 0.0917. The number of amides is 1. The molecular weight excluding hydrogens is 298 g/mol. The number of rotatable bonds is 3. The molecule has 116 valence electrons. The summed E-state index contributed by atoms with van der Waals surface area (Å²) in [7, 11) is 0. The zero-order chi connectivity index (χ0) is 15.5. The van der Waals surface area contributed by atoms with Gasteiger partial charge in [0.25, 0.3) is 0 Å². The summed E-state index contributed by atoms with van der Waals surface area (Å²) in [6.45, 7) is 5.31. The van der Waals surface area contributed by atoms with Gasteiger partial charge in [-0.25, -0.2) is 4.98 Å². The van der Waals surface area contributed by atoms with Crippen molar-refractivity contribution in [2.75, 3.05) is 13.1 Å². The van der Waals surface area contributed by atoms with E-state index in [2.05, 4.69) is 9.97 Å². The first-order valence-corrected chi connectivity index (χ1v) is 8.28. The number of carbonyl (C=O) groups is 1. The summed E-state index contributed by atoms with van der Waals surface area (Å²) >= 11 is 1.55. The molecule has 0 saturated carbocycles. The van der Waals surface area contributed by atoms with Crippen LogP contribution in [0.2, 0.25) is 0 Å². The largest absolute Gasteiger partial charge is 0.372 e. The molecule has 0 aliphatic carbocycles. The fourth-order valence-corrected chi connectivity index (χ4v) is 3.47. The number of carbonyl (C=O) groups excluding carboxylic acids is 1. The Morgan fingerprint density at radius 3 is 2.86 bits per heavy atom. The number of hydrogen-bond donors (Lipinski definition) is 0. The molecule has 1 amide bonds. The van der Waals surface area contributed by atoms with E-state index >= 15 is 0 Å². The molecule has 0 aromatic carbocycles. The highest BCUT2D eigenvalue weighted by atomic mass is 32.1. The molecule has 0 N–H and O–H groups in total. The topological polar surface area (TPSA) is 55.3 Å². The highest BCUT2D eigenvalue weighted by molar-refractivity contribution is 7.13. The predicted molar refractivity (Wildman–Crippen MR) is 85.6 cm³/mol. The van der Waals surface area contributed by atoms with Gasteiger partial charge in [0.05, 0.1) is 24.3 Å². The smallest absolute Gasteiger partial charge is 0.228 e. The molecule has 0 unspecified atom stereocenters. The van der Waals surface area contributed by atoms with E-state index in [9.17, 15) is 4.79 Å². The molecule has 1 fully saturated rings. The van der Waals surface area contributed by atoms with Gasteiger partial charge in [-0.15, -0.1) is 11.3 Å². The molecular formula is C16H19N3O2S. The molecule has 2 atom stereocenters. The van der Waals surface area contributed by atoms with Crippen LogP contribution in [0.25, 0.3) is 10.6 Å². The lowest BCUT2D eigenvalue weighted by Gasteiger charge is -2.35. The summed E-state index contributed by atoms with van der Waals surface area (Å²) in [5.74, 6) is 0.116. The van der Waals surface area contributed by atoms with Crippen LogP contribution in [0.4, 0.5) is 0 Å². The Balaban J connectivity index is 1.66. The van der Waals surface area contributed by atoms with Crippen LogP contribution in [0.1, 0.15) is 19.5 Å². The minimum atomic E-state index is 0.0917. The zero-order valence-corrected chi connectivity index (χ0v) is 13.5. The van der Waals surface area contributed by atoms with E-state index in [1.54, 1.807) is 23.7 Å². The second kappa shape index (κ2) is 6.54. The average molecular weight is 317 g/mol. The average Bonchev–Trinajstić information content (AvgIpc) is 2.95. The summed E-state index contributed by atoms with van der Waals surface area (Å²) in [6.07, 6.45) is 4.05.